The van der Waals surface area contributed by atoms with E-state index in [1.807, 2.05) is 30.5 Å². The standard InChI is InChI=1S/C22H31N5O/c1-6-26(7-2)14-8-13-23-20-15-16(3)24-22-21(17(4)25-27(20)22)18-9-11-19(28-5)12-10-18/h9-12,15,23H,6-8,13-14H2,1-5H3. The minimum Gasteiger partial charge on any atom is -0.497 e. The van der Waals surface area contributed by atoms with Gasteiger partial charge in [0.25, 0.3) is 0 Å². The molecule has 0 fully saturated rings. The lowest BCUT2D eigenvalue weighted by Crippen LogP contribution is -2.25. The van der Waals surface area contributed by atoms with Crippen molar-refractivity contribution in [2.45, 2.75) is 34.1 Å². The Morgan fingerprint density at radius 2 is 1.82 bits per heavy atom. The molecule has 3 aromatic rings. The van der Waals surface area contributed by atoms with E-state index in [1.54, 1.807) is 7.11 Å². The number of fused-ring (bicyclic) bond motifs is 1. The molecule has 150 valence electrons. The summed E-state index contributed by atoms with van der Waals surface area (Å²) in [5.74, 6) is 1.84. The largest absolute Gasteiger partial charge is 0.497 e. The molecule has 0 saturated carbocycles. The summed E-state index contributed by atoms with van der Waals surface area (Å²) in [6, 6.07) is 10.1. The zero-order chi connectivity index (χ0) is 20.1. The number of nitrogens with one attached hydrogen (secondary N) is 1. The van der Waals surface area contributed by atoms with Crippen LogP contribution < -0.4 is 10.1 Å². The second-order valence-electron chi connectivity index (χ2n) is 7.01. The van der Waals surface area contributed by atoms with Crippen LogP contribution >= 0.6 is 0 Å². The fourth-order valence-electron chi connectivity index (χ4n) is 3.53. The number of rotatable bonds is 9. The second-order valence-corrected chi connectivity index (χ2v) is 7.01. The average Bonchev–Trinajstić information content (AvgIpc) is 3.04. The van der Waals surface area contributed by atoms with Gasteiger partial charge in [0, 0.05) is 23.9 Å². The third-order valence-electron chi connectivity index (χ3n) is 5.12. The molecule has 1 N–H and O–H groups in total. The molecule has 6 heteroatoms. The molecule has 6 nitrogen and oxygen atoms in total. The Morgan fingerprint density at radius 1 is 1.11 bits per heavy atom. The van der Waals surface area contributed by atoms with Crippen LogP contribution in [0.1, 0.15) is 31.7 Å². The number of aryl methyl sites for hydroxylation is 2. The molecule has 0 aliphatic heterocycles. The molecule has 28 heavy (non-hydrogen) atoms. The predicted octanol–water partition coefficient (Wildman–Crippen LogP) is 4.17. The maximum absolute atomic E-state index is 5.28. The molecule has 0 aliphatic carbocycles. The molecule has 0 aliphatic rings. The van der Waals surface area contributed by atoms with Crippen molar-refractivity contribution >= 4 is 11.5 Å². The third-order valence-corrected chi connectivity index (χ3v) is 5.12. The number of hydrogen-bond donors (Lipinski definition) is 1. The van der Waals surface area contributed by atoms with E-state index in [0.29, 0.717) is 0 Å². The minimum absolute atomic E-state index is 0.845. The highest BCUT2D eigenvalue weighted by molar-refractivity contribution is 5.81. The van der Waals surface area contributed by atoms with Crippen molar-refractivity contribution in [3.8, 4) is 16.9 Å². The zero-order valence-electron chi connectivity index (χ0n) is 17.6. The summed E-state index contributed by atoms with van der Waals surface area (Å²) in [5, 5.41) is 8.33. The van der Waals surface area contributed by atoms with E-state index in [4.69, 9.17) is 14.8 Å². The van der Waals surface area contributed by atoms with Gasteiger partial charge in [-0.3, -0.25) is 0 Å². The lowest BCUT2D eigenvalue weighted by atomic mass is 10.1. The molecule has 3 rings (SSSR count). The summed E-state index contributed by atoms with van der Waals surface area (Å²) in [6.45, 7) is 12.7. The van der Waals surface area contributed by atoms with Crippen molar-refractivity contribution in [3.63, 3.8) is 0 Å². The van der Waals surface area contributed by atoms with Gasteiger partial charge in [0.2, 0.25) is 0 Å². The van der Waals surface area contributed by atoms with Crippen LogP contribution in [0.15, 0.2) is 30.3 Å². The third kappa shape index (κ3) is 4.28. The van der Waals surface area contributed by atoms with Gasteiger partial charge in [0.15, 0.2) is 5.65 Å². The molecule has 1 aromatic carbocycles. The smallest absolute Gasteiger partial charge is 0.165 e. The summed E-state index contributed by atoms with van der Waals surface area (Å²) < 4.78 is 7.21. The number of aromatic nitrogens is 3. The molecule has 0 spiro atoms. The number of hydrogen-bond acceptors (Lipinski definition) is 5. The molecule has 0 saturated heterocycles. The average molecular weight is 382 g/mol. The first-order valence-electron chi connectivity index (χ1n) is 10.0. The number of benzene rings is 1. The van der Waals surface area contributed by atoms with Gasteiger partial charge in [-0.05, 0) is 57.6 Å². The molecular weight excluding hydrogens is 350 g/mol. The van der Waals surface area contributed by atoms with Gasteiger partial charge in [-0.15, -0.1) is 0 Å². The second kappa shape index (κ2) is 9.06. The van der Waals surface area contributed by atoms with E-state index < -0.39 is 0 Å². The summed E-state index contributed by atoms with van der Waals surface area (Å²) in [4.78, 5) is 7.22. The van der Waals surface area contributed by atoms with Gasteiger partial charge >= 0.3 is 0 Å². The van der Waals surface area contributed by atoms with Gasteiger partial charge in [-0.25, -0.2) is 4.98 Å². The summed E-state index contributed by atoms with van der Waals surface area (Å²) in [7, 11) is 1.68. The first kappa shape index (κ1) is 20.1. The van der Waals surface area contributed by atoms with Gasteiger partial charge in [0.1, 0.15) is 11.6 Å². The van der Waals surface area contributed by atoms with Gasteiger partial charge in [-0.2, -0.15) is 9.61 Å². The van der Waals surface area contributed by atoms with Crippen LogP contribution in [-0.4, -0.2) is 52.8 Å². The lowest BCUT2D eigenvalue weighted by Gasteiger charge is -2.18. The highest BCUT2D eigenvalue weighted by Gasteiger charge is 2.16. The Bertz CT molecular complexity index is 913. The number of anilines is 1. The molecule has 2 heterocycles. The molecule has 0 bridgehead atoms. The van der Waals surface area contributed by atoms with Gasteiger partial charge in [0.05, 0.1) is 12.8 Å². The van der Waals surface area contributed by atoms with Crippen molar-refractivity contribution in [1.29, 1.82) is 0 Å². The molecule has 2 aromatic heterocycles. The topological polar surface area (TPSA) is 54.7 Å². The Hall–Kier alpha value is -2.60. The molecule has 0 atom stereocenters. The van der Waals surface area contributed by atoms with Crippen LogP contribution in [-0.2, 0) is 0 Å². The number of ether oxygens (including phenoxy) is 1. The van der Waals surface area contributed by atoms with Crippen molar-refractivity contribution in [1.82, 2.24) is 19.5 Å². The zero-order valence-corrected chi connectivity index (χ0v) is 17.6. The Kier molecular flexibility index (Phi) is 6.52. The first-order chi connectivity index (χ1) is 13.6. The van der Waals surface area contributed by atoms with Crippen LogP contribution in [0.4, 0.5) is 5.82 Å². The van der Waals surface area contributed by atoms with Crippen molar-refractivity contribution in [3.05, 3.63) is 41.7 Å². The number of nitrogens with zero attached hydrogens (tertiary/aromatic N) is 4. The Labute approximate surface area is 167 Å². The minimum atomic E-state index is 0.845. The van der Waals surface area contributed by atoms with Crippen LogP contribution in [0.2, 0.25) is 0 Å². The van der Waals surface area contributed by atoms with Crippen LogP contribution in [0.5, 0.6) is 5.75 Å². The monoisotopic (exact) mass is 381 g/mol. The van der Waals surface area contributed by atoms with E-state index in [9.17, 15) is 0 Å². The molecular formula is C22H31N5O. The van der Waals surface area contributed by atoms with E-state index in [0.717, 1.165) is 72.3 Å². The quantitative estimate of drug-likeness (QED) is 0.564. The highest BCUT2D eigenvalue weighted by Crippen LogP contribution is 2.30. The lowest BCUT2D eigenvalue weighted by molar-refractivity contribution is 0.303. The van der Waals surface area contributed by atoms with Crippen LogP contribution in [0.25, 0.3) is 16.8 Å². The molecule has 0 amide bonds. The maximum atomic E-state index is 5.28. The van der Waals surface area contributed by atoms with E-state index in [2.05, 4.69) is 42.3 Å². The van der Waals surface area contributed by atoms with Crippen molar-refractivity contribution in [2.75, 3.05) is 38.6 Å². The summed E-state index contributed by atoms with van der Waals surface area (Å²) in [6.07, 6.45) is 1.09. The normalized spacial score (nSPS) is 11.4. The summed E-state index contributed by atoms with van der Waals surface area (Å²) in [5.41, 5.74) is 4.99. The predicted molar refractivity (Wildman–Crippen MR) is 115 cm³/mol. The van der Waals surface area contributed by atoms with E-state index in [1.165, 1.54) is 0 Å². The number of methoxy groups -OCH3 is 1. The Morgan fingerprint density at radius 3 is 2.46 bits per heavy atom. The summed E-state index contributed by atoms with van der Waals surface area (Å²) >= 11 is 0. The van der Waals surface area contributed by atoms with Gasteiger partial charge < -0.3 is 15.0 Å². The fourth-order valence-corrected chi connectivity index (χ4v) is 3.53. The van der Waals surface area contributed by atoms with Crippen molar-refractivity contribution in [2.24, 2.45) is 0 Å². The molecule has 0 radical (unpaired) electrons. The SMILES string of the molecule is CCN(CC)CCCNc1cc(C)nc2c(-c3ccc(OC)cc3)c(C)nn12. The van der Waals surface area contributed by atoms with E-state index >= 15 is 0 Å². The fraction of sp³-hybridized carbons (Fsp3) is 0.455. The maximum Gasteiger partial charge on any atom is 0.165 e. The highest BCUT2D eigenvalue weighted by atomic mass is 16.5. The van der Waals surface area contributed by atoms with Crippen molar-refractivity contribution < 1.29 is 4.74 Å². The first-order valence-corrected chi connectivity index (χ1v) is 10.0. The van der Waals surface area contributed by atoms with Crippen LogP contribution in [0, 0.1) is 13.8 Å². The van der Waals surface area contributed by atoms with E-state index in [-0.39, 0.29) is 0 Å². The molecule has 0 unspecified atom stereocenters. The Balaban J connectivity index is 1.87. The van der Waals surface area contributed by atoms with Gasteiger partial charge in [-0.1, -0.05) is 26.0 Å². The van der Waals surface area contributed by atoms with Crippen LogP contribution in [0.3, 0.4) is 0 Å².